The highest BCUT2D eigenvalue weighted by Gasteiger charge is 2.21. The van der Waals surface area contributed by atoms with Gasteiger partial charge in [-0.25, -0.2) is 0 Å². The van der Waals surface area contributed by atoms with Crippen molar-refractivity contribution in [3.63, 3.8) is 0 Å². The lowest BCUT2D eigenvalue weighted by molar-refractivity contribution is 0.00646. The van der Waals surface area contributed by atoms with Crippen molar-refractivity contribution in [1.29, 1.82) is 5.26 Å². The van der Waals surface area contributed by atoms with Crippen molar-refractivity contribution in [2.75, 3.05) is 0 Å². The fourth-order valence-corrected chi connectivity index (χ4v) is 4.14. The smallest absolute Gasteiger partial charge is 0.0912 e. The van der Waals surface area contributed by atoms with Crippen LogP contribution < -0.4 is 0 Å². The number of benzene rings is 1. The average Bonchev–Trinajstić information content (AvgIpc) is 2.76. The molecule has 0 spiro atoms. The van der Waals surface area contributed by atoms with Crippen LogP contribution in [0, 0.1) is 17.2 Å². The van der Waals surface area contributed by atoms with Gasteiger partial charge in [0, 0.05) is 6.08 Å². The molecule has 2 rings (SSSR count). The van der Waals surface area contributed by atoms with Gasteiger partial charge in [0.25, 0.3) is 0 Å². The Bertz CT molecular complexity index is 629. The van der Waals surface area contributed by atoms with Gasteiger partial charge in [-0.2, -0.15) is 5.26 Å². The van der Waals surface area contributed by atoms with Gasteiger partial charge in [-0.1, -0.05) is 75.1 Å². The lowest BCUT2D eigenvalue weighted by Crippen LogP contribution is -2.21. The summed E-state index contributed by atoms with van der Waals surface area (Å²) in [4.78, 5) is 0. The predicted molar refractivity (Wildman–Crippen MR) is 123 cm³/mol. The predicted octanol–water partition coefficient (Wildman–Crippen LogP) is 7.69. The van der Waals surface area contributed by atoms with Crippen molar-refractivity contribution >= 4 is 0 Å². The average molecular weight is 394 g/mol. The van der Waals surface area contributed by atoms with E-state index in [1.165, 1.54) is 87.8 Å². The monoisotopic (exact) mass is 393 g/mol. The first-order valence-electron chi connectivity index (χ1n) is 11.7. The quantitative estimate of drug-likeness (QED) is 0.195. The highest BCUT2D eigenvalue weighted by Crippen LogP contribution is 2.30. The van der Waals surface area contributed by atoms with Gasteiger partial charge >= 0.3 is 0 Å². The van der Waals surface area contributed by atoms with E-state index in [0.29, 0.717) is 6.10 Å². The van der Waals surface area contributed by atoms with E-state index >= 15 is 0 Å². The number of rotatable bonds is 13. The van der Waals surface area contributed by atoms with E-state index < -0.39 is 0 Å². The van der Waals surface area contributed by atoms with Gasteiger partial charge in [-0.3, -0.25) is 0 Å². The van der Waals surface area contributed by atoms with E-state index in [0.717, 1.165) is 18.9 Å². The van der Waals surface area contributed by atoms with Gasteiger partial charge in [-0.15, -0.1) is 0 Å². The zero-order valence-electron chi connectivity index (χ0n) is 18.3. The molecule has 1 aliphatic rings. The Morgan fingerprint density at radius 1 is 0.966 bits per heavy atom. The maximum Gasteiger partial charge on any atom is 0.0912 e. The molecule has 2 heteroatoms. The minimum atomic E-state index is 0.429. The number of allylic oxidation sites excluding steroid dienone is 4. The SMILES string of the molecule is CCCCCCCc1ccc(COC2CCC(CCC=CC=CC#N)CC2)cc1. The molecule has 0 heterocycles. The molecule has 0 aromatic heterocycles. The molecule has 1 aromatic carbocycles. The number of nitriles is 1. The van der Waals surface area contributed by atoms with E-state index in [2.05, 4.69) is 37.3 Å². The van der Waals surface area contributed by atoms with E-state index in [4.69, 9.17) is 10.00 Å². The molecule has 1 saturated carbocycles. The molecule has 158 valence electrons. The molecule has 1 fully saturated rings. The van der Waals surface area contributed by atoms with Crippen LogP contribution in [0.25, 0.3) is 0 Å². The molecule has 0 unspecified atom stereocenters. The molecule has 0 atom stereocenters. The van der Waals surface area contributed by atoms with Gasteiger partial charge in [0.15, 0.2) is 0 Å². The summed E-state index contributed by atoms with van der Waals surface area (Å²) < 4.78 is 6.20. The van der Waals surface area contributed by atoms with Crippen LogP contribution >= 0.6 is 0 Å². The molecule has 2 nitrogen and oxygen atoms in total. The molecule has 0 bridgehead atoms. The largest absolute Gasteiger partial charge is 0.374 e. The first-order chi connectivity index (χ1) is 14.3. The van der Waals surface area contributed by atoms with E-state index in [-0.39, 0.29) is 0 Å². The topological polar surface area (TPSA) is 33.0 Å². The highest BCUT2D eigenvalue weighted by molar-refractivity contribution is 5.22. The molecule has 0 saturated heterocycles. The number of ether oxygens (including phenoxy) is 1. The van der Waals surface area contributed by atoms with Gasteiger partial charge in [0.05, 0.1) is 18.8 Å². The Morgan fingerprint density at radius 3 is 2.41 bits per heavy atom. The standard InChI is InChI=1S/C27H39NO/c1-2-3-4-6-9-12-24-14-16-26(17-15-24)23-29-27-20-18-25(19-21-27)13-10-7-5-8-11-22-28/h5,7-8,11,14-17,25,27H,2-4,6,9-10,12-13,18-21,23H2,1H3. The van der Waals surface area contributed by atoms with Crippen molar-refractivity contribution in [1.82, 2.24) is 0 Å². The second-order valence-electron chi connectivity index (χ2n) is 8.43. The summed E-state index contributed by atoms with van der Waals surface area (Å²) >= 11 is 0. The first kappa shape index (κ1) is 23.4. The van der Waals surface area contributed by atoms with Crippen molar-refractivity contribution in [2.45, 2.75) is 96.7 Å². The fraction of sp³-hybridized carbons (Fsp3) is 0.593. The van der Waals surface area contributed by atoms with Gasteiger partial charge < -0.3 is 4.74 Å². The maximum atomic E-state index is 8.45. The summed E-state index contributed by atoms with van der Waals surface area (Å²) in [5, 5.41) is 8.45. The number of hydrogen-bond acceptors (Lipinski definition) is 2. The Balaban J connectivity index is 1.57. The van der Waals surface area contributed by atoms with Crippen molar-refractivity contribution in [3.8, 4) is 6.07 Å². The third kappa shape index (κ3) is 10.5. The fourth-order valence-electron chi connectivity index (χ4n) is 4.14. The molecule has 0 radical (unpaired) electrons. The van der Waals surface area contributed by atoms with E-state index in [1.54, 1.807) is 0 Å². The first-order valence-corrected chi connectivity index (χ1v) is 11.7. The molecule has 0 aliphatic heterocycles. The molecular weight excluding hydrogens is 354 g/mol. The highest BCUT2D eigenvalue weighted by atomic mass is 16.5. The van der Waals surface area contributed by atoms with Crippen LogP contribution in [0.3, 0.4) is 0 Å². The number of aryl methyl sites for hydroxylation is 1. The zero-order valence-corrected chi connectivity index (χ0v) is 18.3. The van der Waals surface area contributed by atoms with E-state index in [1.807, 2.05) is 18.2 Å². The van der Waals surface area contributed by atoms with E-state index in [9.17, 15) is 0 Å². The van der Waals surface area contributed by atoms with Crippen molar-refractivity contribution < 1.29 is 4.74 Å². The Kier molecular flexibility index (Phi) is 12.2. The minimum Gasteiger partial charge on any atom is -0.374 e. The molecule has 29 heavy (non-hydrogen) atoms. The van der Waals surface area contributed by atoms with Crippen LogP contribution in [-0.2, 0) is 17.8 Å². The number of unbranched alkanes of at least 4 members (excludes halogenated alkanes) is 4. The summed E-state index contributed by atoms with van der Waals surface area (Å²) in [6.07, 6.45) is 23.2. The number of hydrogen-bond donors (Lipinski definition) is 0. The van der Waals surface area contributed by atoms with Gasteiger partial charge in [-0.05, 0) is 68.4 Å². The lowest BCUT2D eigenvalue weighted by Gasteiger charge is -2.28. The molecule has 1 aromatic rings. The summed E-state index contributed by atoms with van der Waals surface area (Å²) in [6, 6.07) is 11.1. The molecule has 1 aliphatic carbocycles. The Morgan fingerprint density at radius 2 is 1.69 bits per heavy atom. The second-order valence-corrected chi connectivity index (χ2v) is 8.43. The van der Waals surface area contributed by atoms with Crippen LogP contribution in [0.5, 0.6) is 0 Å². The molecule has 0 amide bonds. The Hall–Kier alpha value is -1.85. The third-order valence-corrected chi connectivity index (χ3v) is 6.03. The summed E-state index contributed by atoms with van der Waals surface area (Å²) in [5.41, 5.74) is 2.76. The van der Waals surface area contributed by atoms with Crippen LogP contribution in [0.2, 0.25) is 0 Å². The maximum absolute atomic E-state index is 8.45. The Labute approximate surface area is 178 Å². The molecular formula is C27H39NO. The minimum absolute atomic E-state index is 0.429. The van der Waals surface area contributed by atoms with Crippen LogP contribution in [0.1, 0.15) is 88.7 Å². The lowest BCUT2D eigenvalue weighted by atomic mass is 9.84. The van der Waals surface area contributed by atoms with Crippen LogP contribution in [0.15, 0.2) is 48.6 Å². The van der Waals surface area contributed by atoms with Crippen LogP contribution in [0.4, 0.5) is 0 Å². The van der Waals surface area contributed by atoms with Crippen molar-refractivity contribution in [3.05, 3.63) is 59.7 Å². The zero-order chi connectivity index (χ0) is 20.6. The third-order valence-electron chi connectivity index (χ3n) is 6.03. The summed E-state index contributed by atoms with van der Waals surface area (Å²) in [7, 11) is 0. The van der Waals surface area contributed by atoms with Crippen molar-refractivity contribution in [2.24, 2.45) is 5.92 Å². The second kappa shape index (κ2) is 15.1. The summed E-state index contributed by atoms with van der Waals surface area (Å²) in [6.45, 7) is 3.02. The number of nitrogens with zero attached hydrogens (tertiary/aromatic N) is 1. The van der Waals surface area contributed by atoms with Gasteiger partial charge in [0.2, 0.25) is 0 Å². The summed E-state index contributed by atoms with van der Waals surface area (Å²) in [5.74, 6) is 0.830. The van der Waals surface area contributed by atoms with Crippen LogP contribution in [-0.4, -0.2) is 6.10 Å². The normalized spacial score (nSPS) is 19.7. The van der Waals surface area contributed by atoms with Gasteiger partial charge in [0.1, 0.15) is 0 Å². The molecule has 0 N–H and O–H groups in total.